The van der Waals surface area contributed by atoms with E-state index in [4.69, 9.17) is 17.3 Å². The van der Waals surface area contributed by atoms with Crippen LogP contribution in [0.3, 0.4) is 0 Å². The average Bonchev–Trinajstić information content (AvgIpc) is 2.40. The number of halogens is 2. The summed E-state index contributed by atoms with van der Waals surface area (Å²) in [5.74, 6) is 0.505. The Balaban J connectivity index is 2.38. The summed E-state index contributed by atoms with van der Waals surface area (Å²) in [4.78, 5) is 2.49. The minimum Gasteiger partial charge on any atom is -0.330 e. The van der Waals surface area contributed by atoms with Gasteiger partial charge in [-0.3, -0.25) is 4.90 Å². The fraction of sp³-hybridized carbons (Fsp3) is 0.571. The van der Waals surface area contributed by atoms with Crippen molar-refractivity contribution in [3.63, 3.8) is 0 Å². The molecule has 1 aromatic rings. The van der Waals surface area contributed by atoms with Crippen LogP contribution in [0.4, 0.5) is 0 Å². The molecule has 1 aromatic carbocycles. The Kier molecular flexibility index (Phi) is 5.07. The standard InChI is InChI=1S/C14H20BrClN2/c1-2-18-7-3-4-10(9-17)14(18)12-8-11(15)5-6-13(12)16/h5-6,8,10,14H,2-4,7,9,17H2,1H3. The topological polar surface area (TPSA) is 29.3 Å². The third-order valence-electron chi connectivity index (χ3n) is 3.85. The predicted molar refractivity (Wildman–Crippen MR) is 80.9 cm³/mol. The molecule has 2 N–H and O–H groups in total. The fourth-order valence-electron chi connectivity index (χ4n) is 2.95. The van der Waals surface area contributed by atoms with Crippen molar-refractivity contribution in [2.45, 2.75) is 25.8 Å². The van der Waals surface area contributed by atoms with Gasteiger partial charge in [-0.25, -0.2) is 0 Å². The molecule has 0 aliphatic carbocycles. The second-order valence-electron chi connectivity index (χ2n) is 4.88. The Morgan fingerprint density at radius 1 is 1.50 bits per heavy atom. The van der Waals surface area contributed by atoms with E-state index in [1.54, 1.807) is 0 Å². The first-order chi connectivity index (χ1) is 8.67. The highest BCUT2D eigenvalue weighted by atomic mass is 79.9. The van der Waals surface area contributed by atoms with Gasteiger partial charge in [0.05, 0.1) is 0 Å². The van der Waals surface area contributed by atoms with Crippen LogP contribution >= 0.6 is 27.5 Å². The van der Waals surface area contributed by atoms with Gasteiger partial charge in [0.2, 0.25) is 0 Å². The molecular weight excluding hydrogens is 312 g/mol. The van der Waals surface area contributed by atoms with Crippen molar-refractivity contribution in [1.82, 2.24) is 4.90 Å². The maximum Gasteiger partial charge on any atom is 0.0454 e. The quantitative estimate of drug-likeness (QED) is 0.912. The summed E-state index contributed by atoms with van der Waals surface area (Å²) in [6.07, 6.45) is 2.43. The van der Waals surface area contributed by atoms with Gasteiger partial charge in [-0.15, -0.1) is 0 Å². The highest BCUT2D eigenvalue weighted by Crippen LogP contribution is 2.39. The Morgan fingerprint density at radius 3 is 2.94 bits per heavy atom. The van der Waals surface area contributed by atoms with Gasteiger partial charge in [0, 0.05) is 15.5 Å². The van der Waals surface area contributed by atoms with Crippen LogP contribution in [0.2, 0.25) is 5.02 Å². The van der Waals surface area contributed by atoms with E-state index in [9.17, 15) is 0 Å². The van der Waals surface area contributed by atoms with E-state index in [1.807, 2.05) is 12.1 Å². The highest BCUT2D eigenvalue weighted by molar-refractivity contribution is 9.10. The van der Waals surface area contributed by atoms with Crippen molar-refractivity contribution in [1.29, 1.82) is 0 Å². The Bertz CT molecular complexity index is 399. The third-order valence-corrected chi connectivity index (χ3v) is 4.68. The molecule has 2 unspecified atom stereocenters. The minimum atomic E-state index is 0.360. The van der Waals surface area contributed by atoms with Crippen LogP contribution in [-0.2, 0) is 0 Å². The molecule has 4 heteroatoms. The molecule has 1 fully saturated rings. The van der Waals surface area contributed by atoms with E-state index in [0.29, 0.717) is 12.0 Å². The minimum absolute atomic E-state index is 0.360. The van der Waals surface area contributed by atoms with Crippen LogP contribution in [0.1, 0.15) is 31.4 Å². The maximum atomic E-state index is 6.39. The lowest BCUT2D eigenvalue weighted by molar-refractivity contribution is 0.102. The van der Waals surface area contributed by atoms with Gasteiger partial charge in [0.15, 0.2) is 0 Å². The van der Waals surface area contributed by atoms with Crippen molar-refractivity contribution in [3.8, 4) is 0 Å². The van der Waals surface area contributed by atoms with E-state index in [-0.39, 0.29) is 0 Å². The SMILES string of the molecule is CCN1CCCC(CN)C1c1cc(Br)ccc1Cl. The highest BCUT2D eigenvalue weighted by Gasteiger charge is 2.32. The van der Waals surface area contributed by atoms with Gasteiger partial charge in [0.1, 0.15) is 0 Å². The summed E-state index contributed by atoms with van der Waals surface area (Å²) < 4.78 is 1.08. The first-order valence-corrected chi connectivity index (χ1v) is 7.73. The number of nitrogens with zero attached hydrogens (tertiary/aromatic N) is 1. The van der Waals surface area contributed by atoms with Gasteiger partial charge in [-0.1, -0.05) is 34.5 Å². The number of likely N-dealkylation sites (tertiary alicyclic amines) is 1. The lowest BCUT2D eigenvalue weighted by atomic mass is 9.84. The number of nitrogens with two attached hydrogens (primary N) is 1. The van der Waals surface area contributed by atoms with Crippen LogP contribution in [0, 0.1) is 5.92 Å². The second-order valence-corrected chi connectivity index (χ2v) is 6.20. The number of benzene rings is 1. The van der Waals surface area contributed by atoms with Crippen molar-refractivity contribution in [2.24, 2.45) is 11.7 Å². The summed E-state index contributed by atoms with van der Waals surface area (Å²) in [5.41, 5.74) is 7.17. The number of hydrogen-bond acceptors (Lipinski definition) is 2. The van der Waals surface area contributed by atoms with Gasteiger partial charge in [-0.2, -0.15) is 0 Å². The number of hydrogen-bond donors (Lipinski definition) is 1. The second kappa shape index (κ2) is 6.38. The van der Waals surface area contributed by atoms with E-state index in [0.717, 1.165) is 29.1 Å². The lowest BCUT2D eigenvalue weighted by Gasteiger charge is -2.41. The maximum absolute atomic E-state index is 6.39. The van der Waals surface area contributed by atoms with E-state index < -0.39 is 0 Å². The molecule has 0 radical (unpaired) electrons. The zero-order valence-corrected chi connectivity index (χ0v) is 13.0. The normalized spacial score (nSPS) is 25.3. The first kappa shape index (κ1) is 14.3. The van der Waals surface area contributed by atoms with Crippen LogP contribution in [0.15, 0.2) is 22.7 Å². The van der Waals surface area contributed by atoms with Crippen LogP contribution < -0.4 is 5.73 Å². The lowest BCUT2D eigenvalue weighted by Crippen LogP contribution is -2.41. The molecule has 2 nitrogen and oxygen atoms in total. The van der Waals surface area contributed by atoms with E-state index in [2.05, 4.69) is 33.8 Å². The molecule has 1 heterocycles. The Labute approximate surface area is 123 Å². The molecule has 2 rings (SSSR count). The van der Waals surface area contributed by atoms with Crippen molar-refractivity contribution in [2.75, 3.05) is 19.6 Å². The molecule has 0 aromatic heterocycles. The molecule has 0 amide bonds. The summed E-state index contributed by atoms with van der Waals surface area (Å²) in [7, 11) is 0. The molecule has 1 aliphatic rings. The summed E-state index contributed by atoms with van der Waals surface area (Å²) in [5, 5.41) is 0.849. The Hall–Kier alpha value is -0.0900. The van der Waals surface area contributed by atoms with Gasteiger partial charge < -0.3 is 5.73 Å². The van der Waals surface area contributed by atoms with Crippen LogP contribution in [0.5, 0.6) is 0 Å². The molecule has 1 saturated heterocycles. The van der Waals surface area contributed by atoms with Crippen molar-refractivity contribution >= 4 is 27.5 Å². The molecule has 0 spiro atoms. The van der Waals surface area contributed by atoms with Gasteiger partial charge in [0.25, 0.3) is 0 Å². The molecule has 0 saturated carbocycles. The largest absolute Gasteiger partial charge is 0.330 e. The van der Waals surface area contributed by atoms with Crippen LogP contribution in [-0.4, -0.2) is 24.5 Å². The summed E-state index contributed by atoms with van der Waals surface area (Å²) >= 11 is 9.92. The van der Waals surface area contributed by atoms with Crippen molar-refractivity contribution in [3.05, 3.63) is 33.3 Å². The molecule has 18 heavy (non-hydrogen) atoms. The summed E-state index contributed by atoms with van der Waals surface area (Å²) in [6.45, 7) is 5.12. The summed E-state index contributed by atoms with van der Waals surface area (Å²) in [6, 6.07) is 6.46. The van der Waals surface area contributed by atoms with E-state index >= 15 is 0 Å². The fourth-order valence-corrected chi connectivity index (χ4v) is 3.55. The van der Waals surface area contributed by atoms with Crippen LogP contribution in [0.25, 0.3) is 0 Å². The smallest absolute Gasteiger partial charge is 0.0454 e. The van der Waals surface area contributed by atoms with E-state index in [1.165, 1.54) is 18.4 Å². The molecule has 1 aliphatic heterocycles. The molecule has 100 valence electrons. The molecular formula is C14H20BrClN2. The average molecular weight is 332 g/mol. The number of piperidine rings is 1. The number of rotatable bonds is 3. The zero-order valence-electron chi connectivity index (χ0n) is 10.7. The molecule has 2 atom stereocenters. The van der Waals surface area contributed by atoms with Gasteiger partial charge >= 0.3 is 0 Å². The zero-order chi connectivity index (χ0) is 13.1. The molecule has 0 bridgehead atoms. The monoisotopic (exact) mass is 330 g/mol. The first-order valence-electron chi connectivity index (χ1n) is 6.56. The Morgan fingerprint density at radius 2 is 2.28 bits per heavy atom. The van der Waals surface area contributed by atoms with Gasteiger partial charge in [-0.05, 0) is 62.2 Å². The predicted octanol–water partition coefficient (Wildman–Crippen LogP) is 3.83. The van der Waals surface area contributed by atoms with Crippen molar-refractivity contribution < 1.29 is 0 Å². The third kappa shape index (κ3) is 2.90.